The van der Waals surface area contributed by atoms with Crippen LogP contribution in [0.3, 0.4) is 0 Å². The van der Waals surface area contributed by atoms with E-state index in [1.807, 2.05) is 47.4 Å². The molecule has 176 valence electrons. The third-order valence-corrected chi connectivity index (χ3v) is 6.54. The van der Waals surface area contributed by atoms with Gasteiger partial charge in [0.15, 0.2) is 0 Å². The van der Waals surface area contributed by atoms with Gasteiger partial charge in [-0.2, -0.15) is 0 Å². The lowest BCUT2D eigenvalue weighted by Gasteiger charge is -2.34. The quantitative estimate of drug-likeness (QED) is 0.580. The van der Waals surface area contributed by atoms with Gasteiger partial charge in [0, 0.05) is 63.1 Å². The molecule has 2 aromatic heterocycles. The third-order valence-electron chi connectivity index (χ3n) is 6.54. The zero-order valence-electron chi connectivity index (χ0n) is 19.5. The number of anilines is 1. The van der Waals surface area contributed by atoms with Gasteiger partial charge < -0.3 is 19.4 Å². The molecule has 2 aliphatic rings. The Balaban J connectivity index is 1.27. The molecule has 0 radical (unpaired) electrons. The van der Waals surface area contributed by atoms with Crippen LogP contribution in [-0.2, 0) is 0 Å². The molecule has 0 bridgehead atoms. The van der Waals surface area contributed by atoms with Crippen LogP contribution in [0.4, 0.5) is 5.82 Å². The average Bonchev–Trinajstić information content (AvgIpc) is 2.90. The fourth-order valence-corrected chi connectivity index (χ4v) is 4.56. The number of aromatic nitrogens is 3. The van der Waals surface area contributed by atoms with Crippen LogP contribution in [0.2, 0.25) is 0 Å². The van der Waals surface area contributed by atoms with Crippen LogP contribution in [0.1, 0.15) is 34.8 Å². The number of likely N-dealkylation sites (tertiary alicyclic amines) is 1. The van der Waals surface area contributed by atoms with Crippen molar-refractivity contribution in [3.8, 4) is 11.6 Å². The minimum atomic E-state index is 0.0483. The van der Waals surface area contributed by atoms with Crippen LogP contribution < -0.4 is 9.64 Å². The Bertz CT molecular complexity index is 1120. The molecule has 2 fully saturated rings. The number of hydrogen-bond donors (Lipinski definition) is 0. The smallest absolute Gasteiger partial charge is 0.254 e. The van der Waals surface area contributed by atoms with E-state index in [2.05, 4.69) is 26.8 Å². The van der Waals surface area contributed by atoms with Gasteiger partial charge in [0.25, 0.3) is 5.91 Å². The lowest BCUT2D eigenvalue weighted by atomic mass is 9.94. The number of amides is 1. The molecule has 2 aliphatic heterocycles. The van der Waals surface area contributed by atoms with Crippen LogP contribution >= 0.6 is 0 Å². The molecule has 0 saturated carbocycles. The number of carbonyl (C=O) groups excluding carboxylic acids is 1. The molecule has 4 heterocycles. The molecule has 34 heavy (non-hydrogen) atoms. The summed E-state index contributed by atoms with van der Waals surface area (Å²) in [5.74, 6) is 2.25. The van der Waals surface area contributed by atoms with Gasteiger partial charge in [0.05, 0.1) is 11.9 Å². The van der Waals surface area contributed by atoms with Crippen molar-refractivity contribution in [3.63, 3.8) is 0 Å². The summed E-state index contributed by atoms with van der Waals surface area (Å²) in [5, 5.41) is 0. The number of piperidine rings is 1. The molecule has 8 heteroatoms. The first kappa shape index (κ1) is 22.3. The first-order valence-electron chi connectivity index (χ1n) is 11.9. The van der Waals surface area contributed by atoms with E-state index < -0.39 is 0 Å². The van der Waals surface area contributed by atoms with E-state index in [4.69, 9.17) is 9.72 Å². The maximum Gasteiger partial charge on any atom is 0.254 e. The van der Waals surface area contributed by atoms with Gasteiger partial charge in [-0.05, 0) is 44.2 Å². The molecule has 3 aromatic rings. The Labute approximate surface area is 200 Å². The topological polar surface area (TPSA) is 74.7 Å². The number of nitrogens with zero attached hydrogens (tertiary/aromatic N) is 6. The molecule has 2 saturated heterocycles. The molecular weight excluding hydrogens is 428 g/mol. The number of piperazine rings is 1. The molecule has 5 rings (SSSR count). The summed E-state index contributed by atoms with van der Waals surface area (Å²) in [4.78, 5) is 33.4. The average molecular weight is 459 g/mol. The lowest BCUT2D eigenvalue weighted by Crippen LogP contribution is -2.45. The van der Waals surface area contributed by atoms with E-state index in [1.54, 1.807) is 18.6 Å². The van der Waals surface area contributed by atoms with Crippen LogP contribution in [-0.4, -0.2) is 77.0 Å². The number of ether oxygens (including phenoxy) is 1. The fourth-order valence-electron chi connectivity index (χ4n) is 4.56. The predicted octanol–water partition coefficient (Wildman–Crippen LogP) is 3.44. The second kappa shape index (κ2) is 10.2. The van der Waals surface area contributed by atoms with Crippen LogP contribution in [0, 0.1) is 0 Å². The Morgan fingerprint density at radius 2 is 1.85 bits per heavy atom. The van der Waals surface area contributed by atoms with Crippen molar-refractivity contribution in [3.05, 3.63) is 72.3 Å². The lowest BCUT2D eigenvalue weighted by molar-refractivity contribution is 0.0705. The summed E-state index contributed by atoms with van der Waals surface area (Å²) in [5.41, 5.74) is 1.55. The van der Waals surface area contributed by atoms with Crippen LogP contribution in [0.25, 0.3) is 0 Å². The standard InChI is InChI=1S/C26H30N6O2/c1-30-12-14-31(15-13-30)24-16-20(9-10-28-24)26(33)32-11-5-6-21(19-32)23-17-27-18-25(29-23)34-22-7-3-2-4-8-22/h2-4,7-10,16-18,21H,5-6,11-15,19H2,1H3. The highest BCUT2D eigenvalue weighted by Crippen LogP contribution is 2.28. The summed E-state index contributed by atoms with van der Waals surface area (Å²) in [6.07, 6.45) is 7.06. The summed E-state index contributed by atoms with van der Waals surface area (Å²) < 4.78 is 5.86. The Hall–Kier alpha value is -3.52. The van der Waals surface area contributed by atoms with Crippen LogP contribution in [0.15, 0.2) is 61.1 Å². The minimum absolute atomic E-state index is 0.0483. The molecule has 0 spiro atoms. The number of likely N-dealkylation sites (N-methyl/N-ethyl adjacent to an activating group) is 1. The monoisotopic (exact) mass is 458 g/mol. The maximum absolute atomic E-state index is 13.4. The number of rotatable bonds is 5. The summed E-state index contributed by atoms with van der Waals surface area (Å²) >= 11 is 0. The SMILES string of the molecule is CN1CCN(c2cc(C(=O)N3CCCC(c4cncc(Oc5ccccc5)n4)C3)ccn2)CC1. The van der Waals surface area contributed by atoms with Gasteiger partial charge in [-0.1, -0.05) is 18.2 Å². The normalized spacial score (nSPS) is 19.1. The highest BCUT2D eigenvalue weighted by Gasteiger charge is 2.27. The fraction of sp³-hybridized carbons (Fsp3) is 0.385. The molecule has 1 aromatic carbocycles. The number of benzene rings is 1. The summed E-state index contributed by atoms with van der Waals surface area (Å²) in [6.45, 7) is 5.22. The van der Waals surface area contributed by atoms with E-state index in [-0.39, 0.29) is 11.8 Å². The Morgan fingerprint density at radius 1 is 1.03 bits per heavy atom. The van der Waals surface area contributed by atoms with Gasteiger partial charge >= 0.3 is 0 Å². The Kier molecular flexibility index (Phi) is 6.67. The van der Waals surface area contributed by atoms with Gasteiger partial charge in [-0.15, -0.1) is 0 Å². The van der Waals surface area contributed by atoms with Gasteiger partial charge in [0.2, 0.25) is 5.88 Å². The molecular formula is C26H30N6O2. The molecule has 1 unspecified atom stereocenters. The minimum Gasteiger partial charge on any atom is -0.437 e. The number of pyridine rings is 1. The zero-order valence-corrected chi connectivity index (χ0v) is 19.5. The zero-order chi connectivity index (χ0) is 23.3. The van der Waals surface area contributed by atoms with Crippen molar-refractivity contribution >= 4 is 11.7 Å². The summed E-state index contributed by atoms with van der Waals surface area (Å²) in [7, 11) is 2.13. The molecule has 0 N–H and O–H groups in total. The second-order valence-electron chi connectivity index (χ2n) is 8.98. The van der Waals surface area contributed by atoms with Crippen molar-refractivity contribution in [2.45, 2.75) is 18.8 Å². The highest BCUT2D eigenvalue weighted by atomic mass is 16.5. The third kappa shape index (κ3) is 5.17. The largest absolute Gasteiger partial charge is 0.437 e. The number of carbonyl (C=O) groups is 1. The Morgan fingerprint density at radius 3 is 2.68 bits per heavy atom. The van der Waals surface area contributed by atoms with Gasteiger partial charge in [-0.25, -0.2) is 9.97 Å². The maximum atomic E-state index is 13.4. The molecule has 1 atom stereocenters. The van der Waals surface area contributed by atoms with E-state index >= 15 is 0 Å². The molecule has 1 amide bonds. The van der Waals surface area contributed by atoms with Crippen molar-refractivity contribution in [1.29, 1.82) is 0 Å². The molecule has 8 nitrogen and oxygen atoms in total. The predicted molar refractivity (Wildman–Crippen MR) is 130 cm³/mol. The van der Waals surface area contributed by atoms with Crippen molar-refractivity contribution < 1.29 is 9.53 Å². The van der Waals surface area contributed by atoms with E-state index in [9.17, 15) is 4.79 Å². The van der Waals surface area contributed by atoms with E-state index in [0.717, 1.165) is 62.8 Å². The summed E-state index contributed by atoms with van der Waals surface area (Å²) in [6, 6.07) is 13.3. The highest BCUT2D eigenvalue weighted by molar-refractivity contribution is 5.95. The number of para-hydroxylation sites is 1. The first-order valence-corrected chi connectivity index (χ1v) is 11.9. The van der Waals surface area contributed by atoms with Gasteiger partial charge in [-0.3, -0.25) is 9.78 Å². The molecule has 0 aliphatic carbocycles. The van der Waals surface area contributed by atoms with Crippen molar-refractivity contribution in [1.82, 2.24) is 24.8 Å². The van der Waals surface area contributed by atoms with E-state index in [1.165, 1.54) is 0 Å². The first-order chi connectivity index (χ1) is 16.7. The van der Waals surface area contributed by atoms with Crippen LogP contribution in [0.5, 0.6) is 11.6 Å². The van der Waals surface area contributed by atoms with E-state index in [0.29, 0.717) is 18.0 Å². The van der Waals surface area contributed by atoms with Crippen molar-refractivity contribution in [2.24, 2.45) is 0 Å². The van der Waals surface area contributed by atoms with Crippen molar-refractivity contribution in [2.75, 3.05) is 51.2 Å². The number of hydrogen-bond acceptors (Lipinski definition) is 7. The van der Waals surface area contributed by atoms with Gasteiger partial charge in [0.1, 0.15) is 11.6 Å². The second-order valence-corrected chi connectivity index (χ2v) is 8.98.